The fraction of sp³-hybridized carbons (Fsp3) is 0.636. The molecule has 2 heterocycles. The number of hydrogen-bond acceptors (Lipinski definition) is 3. The van der Waals surface area contributed by atoms with Crippen molar-refractivity contribution in [3.05, 3.63) is 11.9 Å². The van der Waals surface area contributed by atoms with E-state index in [1.807, 2.05) is 4.90 Å². The van der Waals surface area contributed by atoms with Gasteiger partial charge in [-0.15, -0.1) is 0 Å². The molecule has 0 saturated carbocycles. The highest BCUT2D eigenvalue weighted by Gasteiger charge is 2.27. The van der Waals surface area contributed by atoms with E-state index < -0.39 is 0 Å². The van der Waals surface area contributed by atoms with E-state index in [-0.39, 0.29) is 5.91 Å². The molecular weight excluding hydrogens is 204 g/mol. The van der Waals surface area contributed by atoms with Gasteiger partial charge in [-0.25, -0.2) is 0 Å². The number of anilines is 1. The number of amides is 1. The first-order valence-corrected chi connectivity index (χ1v) is 5.69. The molecular formula is C11H18N4O. The lowest BCUT2D eigenvalue weighted by atomic mass is 10.0. The minimum atomic E-state index is 0.00435. The lowest BCUT2D eigenvalue weighted by Crippen LogP contribution is -2.42. The Morgan fingerprint density at radius 3 is 2.88 bits per heavy atom. The highest BCUT2D eigenvalue weighted by Crippen LogP contribution is 2.21. The molecule has 1 unspecified atom stereocenters. The Hall–Kier alpha value is -1.52. The molecule has 2 rings (SSSR count). The summed E-state index contributed by atoms with van der Waals surface area (Å²) in [5, 5.41) is 4.00. The Morgan fingerprint density at radius 2 is 2.31 bits per heavy atom. The minimum absolute atomic E-state index is 0.00435. The van der Waals surface area contributed by atoms with Gasteiger partial charge in [-0.2, -0.15) is 5.10 Å². The van der Waals surface area contributed by atoms with Crippen molar-refractivity contribution in [2.45, 2.75) is 32.2 Å². The second-order valence-corrected chi connectivity index (χ2v) is 4.42. The zero-order chi connectivity index (χ0) is 11.7. The Morgan fingerprint density at radius 1 is 1.56 bits per heavy atom. The van der Waals surface area contributed by atoms with E-state index in [1.165, 1.54) is 12.6 Å². The highest BCUT2D eigenvalue weighted by molar-refractivity contribution is 5.97. The SMILES string of the molecule is CC1CCCCN1C(=O)c1c(N)cnn1C. The predicted octanol–water partition coefficient (Wildman–Crippen LogP) is 1.02. The standard InChI is InChI=1S/C11H18N4O/c1-8-5-3-4-6-15(8)11(16)10-9(12)7-13-14(10)2/h7-8H,3-6,12H2,1-2H3. The third-order valence-electron chi connectivity index (χ3n) is 3.23. The zero-order valence-corrected chi connectivity index (χ0v) is 9.81. The molecule has 1 aromatic heterocycles. The molecule has 5 heteroatoms. The molecule has 1 aromatic rings. The monoisotopic (exact) mass is 222 g/mol. The van der Waals surface area contributed by atoms with Gasteiger partial charge in [-0.1, -0.05) is 0 Å². The van der Waals surface area contributed by atoms with Crippen molar-refractivity contribution in [3.63, 3.8) is 0 Å². The molecule has 1 aliphatic rings. The first-order valence-electron chi connectivity index (χ1n) is 5.69. The van der Waals surface area contributed by atoms with Crippen LogP contribution in [0.4, 0.5) is 5.69 Å². The molecule has 16 heavy (non-hydrogen) atoms. The van der Waals surface area contributed by atoms with Crippen LogP contribution in [0.25, 0.3) is 0 Å². The normalized spacial score (nSPS) is 21.1. The molecule has 5 nitrogen and oxygen atoms in total. The average molecular weight is 222 g/mol. The second-order valence-electron chi connectivity index (χ2n) is 4.42. The number of carbonyl (C=O) groups excluding carboxylic acids is 1. The number of likely N-dealkylation sites (tertiary alicyclic amines) is 1. The van der Waals surface area contributed by atoms with Gasteiger partial charge in [-0.05, 0) is 26.2 Å². The first kappa shape index (κ1) is 11.0. The number of piperidine rings is 1. The van der Waals surface area contributed by atoms with Gasteiger partial charge in [0, 0.05) is 19.6 Å². The Balaban J connectivity index is 2.24. The smallest absolute Gasteiger partial charge is 0.274 e. The van der Waals surface area contributed by atoms with Crippen molar-refractivity contribution < 1.29 is 4.79 Å². The minimum Gasteiger partial charge on any atom is -0.396 e. The molecule has 2 N–H and O–H groups in total. The molecule has 1 atom stereocenters. The van der Waals surface area contributed by atoms with Crippen LogP contribution >= 0.6 is 0 Å². The van der Waals surface area contributed by atoms with Crippen LogP contribution in [-0.2, 0) is 7.05 Å². The molecule has 0 spiro atoms. The summed E-state index contributed by atoms with van der Waals surface area (Å²) in [6.45, 7) is 2.91. The summed E-state index contributed by atoms with van der Waals surface area (Å²) in [6.07, 6.45) is 4.88. The summed E-state index contributed by atoms with van der Waals surface area (Å²) in [5.41, 5.74) is 6.73. The number of rotatable bonds is 1. The maximum Gasteiger partial charge on any atom is 0.274 e. The third-order valence-corrected chi connectivity index (χ3v) is 3.23. The Labute approximate surface area is 95.2 Å². The van der Waals surface area contributed by atoms with Crippen molar-refractivity contribution in [1.82, 2.24) is 14.7 Å². The van der Waals surface area contributed by atoms with Gasteiger partial charge in [0.1, 0.15) is 5.69 Å². The van der Waals surface area contributed by atoms with Crippen LogP contribution in [0.1, 0.15) is 36.7 Å². The van der Waals surface area contributed by atoms with E-state index in [2.05, 4.69) is 12.0 Å². The fourth-order valence-electron chi connectivity index (χ4n) is 2.25. The molecule has 1 amide bonds. The van der Waals surface area contributed by atoms with Crippen LogP contribution in [0, 0.1) is 0 Å². The Bertz CT molecular complexity index is 379. The summed E-state index contributed by atoms with van der Waals surface area (Å²) >= 11 is 0. The van der Waals surface area contributed by atoms with E-state index in [9.17, 15) is 4.79 Å². The lowest BCUT2D eigenvalue weighted by Gasteiger charge is -2.33. The van der Waals surface area contributed by atoms with Crippen LogP contribution in [0.2, 0.25) is 0 Å². The summed E-state index contributed by atoms with van der Waals surface area (Å²) in [5.74, 6) is 0.00435. The summed E-state index contributed by atoms with van der Waals surface area (Å²) in [6, 6.07) is 0.301. The summed E-state index contributed by atoms with van der Waals surface area (Å²) in [4.78, 5) is 14.2. The molecule has 1 fully saturated rings. The van der Waals surface area contributed by atoms with E-state index in [0.717, 1.165) is 19.4 Å². The quantitative estimate of drug-likeness (QED) is 0.771. The third kappa shape index (κ3) is 1.77. The first-order chi connectivity index (χ1) is 7.61. The van der Waals surface area contributed by atoms with E-state index in [0.29, 0.717) is 17.4 Å². The maximum atomic E-state index is 12.3. The van der Waals surface area contributed by atoms with Gasteiger partial charge in [0.05, 0.1) is 11.9 Å². The molecule has 0 bridgehead atoms. The van der Waals surface area contributed by atoms with Crippen molar-refractivity contribution in [1.29, 1.82) is 0 Å². The van der Waals surface area contributed by atoms with Crippen LogP contribution < -0.4 is 5.73 Å². The molecule has 0 aliphatic carbocycles. The fourth-order valence-corrected chi connectivity index (χ4v) is 2.25. The van der Waals surface area contributed by atoms with Gasteiger partial charge in [0.25, 0.3) is 5.91 Å². The number of nitrogens with two attached hydrogens (primary N) is 1. The van der Waals surface area contributed by atoms with Gasteiger partial charge in [0.2, 0.25) is 0 Å². The highest BCUT2D eigenvalue weighted by atomic mass is 16.2. The van der Waals surface area contributed by atoms with Gasteiger partial charge in [0.15, 0.2) is 0 Å². The van der Waals surface area contributed by atoms with Crippen molar-refractivity contribution in [2.75, 3.05) is 12.3 Å². The molecule has 1 saturated heterocycles. The molecule has 1 aliphatic heterocycles. The number of carbonyl (C=O) groups is 1. The maximum absolute atomic E-state index is 12.3. The van der Waals surface area contributed by atoms with Crippen molar-refractivity contribution in [2.24, 2.45) is 7.05 Å². The number of nitrogen functional groups attached to an aromatic ring is 1. The molecule has 88 valence electrons. The number of aromatic nitrogens is 2. The summed E-state index contributed by atoms with van der Waals surface area (Å²) in [7, 11) is 1.75. The van der Waals surface area contributed by atoms with Crippen molar-refractivity contribution in [3.8, 4) is 0 Å². The molecule has 0 aromatic carbocycles. The Kier molecular flexibility index (Phi) is 2.85. The van der Waals surface area contributed by atoms with Crippen LogP contribution in [0.3, 0.4) is 0 Å². The van der Waals surface area contributed by atoms with Crippen LogP contribution in [0.5, 0.6) is 0 Å². The predicted molar refractivity (Wildman–Crippen MR) is 62.0 cm³/mol. The number of aryl methyl sites for hydroxylation is 1. The van der Waals surface area contributed by atoms with Gasteiger partial charge < -0.3 is 10.6 Å². The average Bonchev–Trinajstić information content (AvgIpc) is 2.58. The van der Waals surface area contributed by atoms with Gasteiger partial charge in [-0.3, -0.25) is 9.48 Å². The topological polar surface area (TPSA) is 64.2 Å². The second kappa shape index (κ2) is 4.15. The number of nitrogens with zero attached hydrogens (tertiary/aromatic N) is 3. The largest absolute Gasteiger partial charge is 0.396 e. The van der Waals surface area contributed by atoms with Crippen molar-refractivity contribution >= 4 is 11.6 Å². The van der Waals surface area contributed by atoms with E-state index in [1.54, 1.807) is 11.7 Å². The van der Waals surface area contributed by atoms with E-state index >= 15 is 0 Å². The number of hydrogen-bond donors (Lipinski definition) is 1. The molecule has 0 radical (unpaired) electrons. The lowest BCUT2D eigenvalue weighted by molar-refractivity contribution is 0.0625. The summed E-state index contributed by atoms with van der Waals surface area (Å²) < 4.78 is 1.55. The zero-order valence-electron chi connectivity index (χ0n) is 9.81. The van der Waals surface area contributed by atoms with Gasteiger partial charge >= 0.3 is 0 Å². The van der Waals surface area contributed by atoms with Crippen LogP contribution in [0.15, 0.2) is 6.20 Å². The van der Waals surface area contributed by atoms with Crippen LogP contribution in [-0.4, -0.2) is 33.2 Å². The van der Waals surface area contributed by atoms with E-state index in [4.69, 9.17) is 5.73 Å².